The molecule has 2 aromatic heterocycles. The number of hydrogen-bond donors (Lipinski definition) is 0. The van der Waals surface area contributed by atoms with Crippen LogP contribution in [-0.2, 0) is 24.4 Å². The third kappa shape index (κ3) is 2.61. The van der Waals surface area contributed by atoms with Crippen LogP contribution in [0.3, 0.4) is 0 Å². The quantitative estimate of drug-likeness (QED) is 0.555. The first-order valence-electron chi connectivity index (χ1n) is 7.82. The van der Waals surface area contributed by atoms with E-state index in [9.17, 15) is 4.39 Å². The van der Waals surface area contributed by atoms with Gasteiger partial charge in [-0.05, 0) is 35.4 Å². The molecule has 0 bridgehead atoms. The summed E-state index contributed by atoms with van der Waals surface area (Å²) in [5.41, 5.74) is 3.61. The number of hydrogen-bond acceptors (Lipinski definition) is 6. The summed E-state index contributed by atoms with van der Waals surface area (Å²) in [4.78, 5) is 4.34. The molecule has 1 aliphatic rings. The highest BCUT2D eigenvalue weighted by Gasteiger charge is 2.16. The van der Waals surface area contributed by atoms with E-state index < -0.39 is 0 Å². The van der Waals surface area contributed by atoms with Gasteiger partial charge in [0.2, 0.25) is 11.8 Å². The van der Waals surface area contributed by atoms with E-state index in [1.807, 2.05) is 24.3 Å². The van der Waals surface area contributed by atoms with Crippen LogP contribution in [0.5, 0.6) is 0 Å². The third-order valence-electron chi connectivity index (χ3n) is 4.15. The summed E-state index contributed by atoms with van der Waals surface area (Å²) in [5.74, 6) is 0.620. The Morgan fingerprint density at radius 3 is 2.92 bits per heavy atom. The summed E-state index contributed by atoms with van der Waals surface area (Å²) in [5, 5.41) is 8.97. The zero-order chi connectivity index (χ0) is 16.8. The Labute approximate surface area is 146 Å². The number of para-hydroxylation sites is 1. The molecule has 0 unspecified atom stereocenters. The SMILES string of the molecule is Fc1cccc2sc(Cc3nnc(-c4ccc5c(c4)COC5)o3)nc12. The summed E-state index contributed by atoms with van der Waals surface area (Å²) in [6.07, 6.45) is 0.389. The fourth-order valence-corrected chi connectivity index (χ4v) is 3.89. The largest absolute Gasteiger partial charge is 0.420 e. The van der Waals surface area contributed by atoms with Crippen LogP contribution in [0.4, 0.5) is 4.39 Å². The molecule has 0 spiro atoms. The lowest BCUT2D eigenvalue weighted by Gasteiger charge is -1.99. The van der Waals surface area contributed by atoms with Gasteiger partial charge in [-0.25, -0.2) is 9.37 Å². The van der Waals surface area contributed by atoms with E-state index in [-0.39, 0.29) is 5.82 Å². The Kier molecular flexibility index (Phi) is 3.36. The molecular formula is C18H12FN3O2S. The molecule has 0 saturated carbocycles. The molecule has 25 heavy (non-hydrogen) atoms. The number of benzene rings is 2. The Hall–Kier alpha value is -2.64. The van der Waals surface area contributed by atoms with Crippen molar-refractivity contribution in [2.45, 2.75) is 19.6 Å². The second-order valence-electron chi connectivity index (χ2n) is 5.85. The molecule has 5 rings (SSSR count). The van der Waals surface area contributed by atoms with Crippen molar-refractivity contribution >= 4 is 21.6 Å². The van der Waals surface area contributed by atoms with Crippen LogP contribution in [0.1, 0.15) is 22.0 Å². The molecular weight excluding hydrogens is 341 g/mol. The van der Waals surface area contributed by atoms with Crippen LogP contribution in [0, 0.1) is 5.82 Å². The van der Waals surface area contributed by atoms with Crippen LogP contribution in [0.25, 0.3) is 21.7 Å². The van der Waals surface area contributed by atoms with Gasteiger partial charge in [-0.15, -0.1) is 21.5 Å². The van der Waals surface area contributed by atoms with Crippen LogP contribution in [0.15, 0.2) is 40.8 Å². The number of rotatable bonds is 3. The van der Waals surface area contributed by atoms with Crippen molar-refractivity contribution in [3.8, 4) is 11.5 Å². The predicted octanol–water partition coefficient (Wildman–Crippen LogP) is 4.11. The molecule has 0 atom stereocenters. The zero-order valence-electron chi connectivity index (χ0n) is 13.0. The van der Waals surface area contributed by atoms with Gasteiger partial charge in [0.25, 0.3) is 0 Å². The van der Waals surface area contributed by atoms with E-state index in [0.717, 1.165) is 20.8 Å². The molecule has 0 fully saturated rings. The lowest BCUT2D eigenvalue weighted by atomic mass is 10.1. The first-order valence-corrected chi connectivity index (χ1v) is 8.64. The molecule has 0 amide bonds. The van der Waals surface area contributed by atoms with Gasteiger partial charge in [-0.2, -0.15) is 0 Å². The van der Waals surface area contributed by atoms with Crippen molar-refractivity contribution in [2.24, 2.45) is 0 Å². The van der Waals surface area contributed by atoms with Gasteiger partial charge in [-0.1, -0.05) is 12.1 Å². The Morgan fingerprint density at radius 2 is 2.00 bits per heavy atom. The summed E-state index contributed by atoms with van der Waals surface area (Å²) in [6.45, 7) is 1.26. The highest BCUT2D eigenvalue weighted by Crippen LogP contribution is 2.28. The van der Waals surface area contributed by atoms with E-state index >= 15 is 0 Å². The van der Waals surface area contributed by atoms with Crippen molar-refractivity contribution in [1.29, 1.82) is 0 Å². The van der Waals surface area contributed by atoms with Gasteiger partial charge in [0.1, 0.15) is 16.3 Å². The van der Waals surface area contributed by atoms with E-state index in [0.29, 0.717) is 36.9 Å². The summed E-state index contributed by atoms with van der Waals surface area (Å²) in [7, 11) is 0. The van der Waals surface area contributed by atoms with Crippen molar-refractivity contribution < 1.29 is 13.5 Å². The predicted molar refractivity (Wildman–Crippen MR) is 90.6 cm³/mol. The molecule has 0 radical (unpaired) electrons. The second kappa shape index (κ2) is 5.72. The molecule has 1 aliphatic heterocycles. The molecule has 4 aromatic rings. The van der Waals surface area contributed by atoms with Crippen molar-refractivity contribution in [2.75, 3.05) is 0 Å². The first-order chi connectivity index (χ1) is 12.3. The normalized spacial score (nSPS) is 13.5. The van der Waals surface area contributed by atoms with Gasteiger partial charge >= 0.3 is 0 Å². The van der Waals surface area contributed by atoms with Crippen molar-refractivity contribution in [1.82, 2.24) is 15.2 Å². The van der Waals surface area contributed by atoms with Gasteiger partial charge in [0, 0.05) is 5.56 Å². The Balaban J connectivity index is 1.43. The van der Waals surface area contributed by atoms with E-state index in [4.69, 9.17) is 9.15 Å². The minimum atomic E-state index is -0.313. The summed E-state index contributed by atoms with van der Waals surface area (Å²) >= 11 is 1.43. The molecule has 7 heteroatoms. The number of aromatic nitrogens is 3. The molecule has 0 aliphatic carbocycles. The number of nitrogens with zero attached hydrogens (tertiary/aromatic N) is 3. The second-order valence-corrected chi connectivity index (χ2v) is 6.96. The average Bonchev–Trinajstić information content (AvgIpc) is 3.33. The smallest absolute Gasteiger partial charge is 0.247 e. The lowest BCUT2D eigenvalue weighted by molar-refractivity contribution is 0.134. The molecule has 124 valence electrons. The maximum absolute atomic E-state index is 13.8. The number of fused-ring (bicyclic) bond motifs is 2. The van der Waals surface area contributed by atoms with E-state index in [2.05, 4.69) is 15.2 Å². The maximum atomic E-state index is 13.8. The fraction of sp³-hybridized carbons (Fsp3) is 0.167. The van der Waals surface area contributed by atoms with Crippen LogP contribution < -0.4 is 0 Å². The molecule has 3 heterocycles. The summed E-state index contributed by atoms with van der Waals surface area (Å²) < 4.78 is 25.8. The topological polar surface area (TPSA) is 61.0 Å². The number of thiazole rings is 1. The van der Waals surface area contributed by atoms with Crippen molar-refractivity contribution in [3.05, 3.63) is 64.2 Å². The average molecular weight is 353 g/mol. The number of ether oxygens (including phenoxy) is 1. The van der Waals surface area contributed by atoms with E-state index in [1.54, 1.807) is 6.07 Å². The van der Waals surface area contributed by atoms with Gasteiger partial charge < -0.3 is 9.15 Å². The highest BCUT2D eigenvalue weighted by molar-refractivity contribution is 7.18. The highest BCUT2D eigenvalue weighted by atomic mass is 32.1. The molecule has 0 N–H and O–H groups in total. The summed E-state index contributed by atoms with van der Waals surface area (Å²) in [6, 6.07) is 10.9. The number of halogens is 1. The zero-order valence-corrected chi connectivity index (χ0v) is 13.8. The van der Waals surface area contributed by atoms with Crippen molar-refractivity contribution in [3.63, 3.8) is 0 Å². The van der Waals surface area contributed by atoms with Gasteiger partial charge in [0.05, 0.1) is 24.3 Å². The van der Waals surface area contributed by atoms with Crippen LogP contribution >= 0.6 is 11.3 Å². The maximum Gasteiger partial charge on any atom is 0.247 e. The minimum Gasteiger partial charge on any atom is -0.420 e. The van der Waals surface area contributed by atoms with Gasteiger partial charge in [0.15, 0.2) is 0 Å². The van der Waals surface area contributed by atoms with E-state index in [1.165, 1.54) is 23.0 Å². The third-order valence-corrected chi connectivity index (χ3v) is 5.17. The minimum absolute atomic E-state index is 0.313. The Bertz CT molecular complexity index is 1090. The fourth-order valence-electron chi connectivity index (χ4n) is 2.91. The molecule has 5 nitrogen and oxygen atoms in total. The monoisotopic (exact) mass is 353 g/mol. The molecule has 0 saturated heterocycles. The van der Waals surface area contributed by atoms with Gasteiger partial charge in [-0.3, -0.25) is 0 Å². The van der Waals surface area contributed by atoms with Crippen LogP contribution in [0.2, 0.25) is 0 Å². The van der Waals surface area contributed by atoms with Crippen LogP contribution in [-0.4, -0.2) is 15.2 Å². The Morgan fingerprint density at radius 1 is 1.08 bits per heavy atom. The standard InChI is InChI=1S/C18H12FN3O2S/c19-13-2-1-3-14-17(13)20-16(25-14)7-15-21-22-18(24-15)10-4-5-11-8-23-9-12(11)6-10/h1-6H,7-9H2. The first kappa shape index (κ1) is 14.7. The lowest BCUT2D eigenvalue weighted by Crippen LogP contribution is -1.87. The molecule has 2 aromatic carbocycles.